The number of aromatic nitrogens is 2. The SMILES string of the molecule is Cc1cc(S(=O)(=O)Nc2ccc3c(c2)c(=O)[nH]n3CCc2ccccc2)c(C)cc1Cl. The van der Waals surface area contributed by atoms with Crippen LogP contribution in [0.5, 0.6) is 0 Å². The van der Waals surface area contributed by atoms with Crippen molar-refractivity contribution in [1.82, 2.24) is 9.78 Å². The van der Waals surface area contributed by atoms with E-state index in [1.807, 2.05) is 30.3 Å². The van der Waals surface area contributed by atoms with E-state index in [1.165, 1.54) is 5.56 Å². The highest BCUT2D eigenvalue weighted by atomic mass is 35.5. The van der Waals surface area contributed by atoms with Crippen molar-refractivity contribution in [3.05, 3.63) is 92.7 Å². The van der Waals surface area contributed by atoms with E-state index >= 15 is 0 Å². The Hall–Kier alpha value is -3.03. The molecule has 1 aromatic heterocycles. The van der Waals surface area contributed by atoms with Gasteiger partial charge in [-0.1, -0.05) is 41.9 Å². The van der Waals surface area contributed by atoms with E-state index in [-0.39, 0.29) is 10.5 Å². The number of hydrogen-bond acceptors (Lipinski definition) is 3. The summed E-state index contributed by atoms with van der Waals surface area (Å²) in [6.07, 6.45) is 0.768. The highest BCUT2D eigenvalue weighted by Gasteiger charge is 2.19. The fourth-order valence-corrected chi connectivity index (χ4v) is 5.16. The first-order valence-corrected chi connectivity index (χ1v) is 11.7. The number of benzene rings is 3. The van der Waals surface area contributed by atoms with E-state index in [0.717, 1.165) is 11.9 Å². The van der Waals surface area contributed by atoms with Gasteiger partial charge in [-0.15, -0.1) is 0 Å². The van der Waals surface area contributed by atoms with Gasteiger partial charge in [-0.3, -0.25) is 19.3 Å². The quantitative estimate of drug-likeness (QED) is 0.444. The molecule has 0 amide bonds. The summed E-state index contributed by atoms with van der Waals surface area (Å²) in [6.45, 7) is 4.06. The average Bonchev–Trinajstić information content (AvgIpc) is 3.04. The monoisotopic (exact) mass is 455 g/mol. The van der Waals surface area contributed by atoms with Crippen LogP contribution in [0.3, 0.4) is 0 Å². The van der Waals surface area contributed by atoms with Gasteiger partial charge in [-0.25, -0.2) is 8.42 Å². The molecule has 0 bridgehead atoms. The zero-order chi connectivity index (χ0) is 22.2. The number of nitrogens with one attached hydrogen (secondary N) is 2. The minimum absolute atomic E-state index is 0.156. The Bertz CT molecular complexity index is 1420. The summed E-state index contributed by atoms with van der Waals surface area (Å²) in [4.78, 5) is 12.6. The summed E-state index contributed by atoms with van der Waals surface area (Å²) in [7, 11) is -3.83. The van der Waals surface area contributed by atoms with Crippen molar-refractivity contribution < 1.29 is 8.42 Å². The topological polar surface area (TPSA) is 84.0 Å². The Morgan fingerprint density at radius 3 is 2.48 bits per heavy atom. The maximum absolute atomic E-state index is 12.9. The number of halogens is 1. The van der Waals surface area contributed by atoms with E-state index in [9.17, 15) is 13.2 Å². The normalized spacial score (nSPS) is 11.7. The van der Waals surface area contributed by atoms with Gasteiger partial charge in [-0.2, -0.15) is 0 Å². The molecular formula is C23H22ClN3O3S. The molecule has 0 aliphatic heterocycles. The second-order valence-electron chi connectivity index (χ2n) is 7.53. The van der Waals surface area contributed by atoms with E-state index < -0.39 is 10.0 Å². The number of nitrogens with zero attached hydrogens (tertiary/aromatic N) is 1. The Balaban J connectivity index is 1.62. The van der Waals surface area contributed by atoms with Crippen LogP contribution in [0.2, 0.25) is 5.02 Å². The molecule has 0 unspecified atom stereocenters. The number of rotatable bonds is 6. The molecule has 8 heteroatoms. The fraction of sp³-hybridized carbons (Fsp3) is 0.174. The van der Waals surface area contributed by atoms with Crippen LogP contribution in [-0.2, 0) is 23.0 Å². The highest BCUT2D eigenvalue weighted by molar-refractivity contribution is 7.92. The molecule has 0 aliphatic rings. The lowest BCUT2D eigenvalue weighted by molar-refractivity contribution is 0.600. The minimum atomic E-state index is -3.83. The number of anilines is 1. The van der Waals surface area contributed by atoms with Crippen molar-refractivity contribution in [2.75, 3.05) is 4.72 Å². The predicted molar refractivity (Wildman–Crippen MR) is 124 cm³/mol. The Labute approximate surface area is 185 Å². The van der Waals surface area contributed by atoms with Gasteiger partial charge >= 0.3 is 0 Å². The van der Waals surface area contributed by atoms with E-state index in [0.29, 0.717) is 33.8 Å². The lowest BCUT2D eigenvalue weighted by atomic mass is 10.1. The van der Waals surface area contributed by atoms with E-state index in [2.05, 4.69) is 9.82 Å². The molecule has 0 saturated carbocycles. The molecule has 160 valence electrons. The molecule has 4 rings (SSSR count). The summed E-state index contributed by atoms with van der Waals surface area (Å²) in [6, 6.07) is 18.1. The van der Waals surface area contributed by atoms with Crippen LogP contribution in [0.25, 0.3) is 10.9 Å². The van der Waals surface area contributed by atoms with Gasteiger partial charge in [0.05, 0.1) is 15.8 Å². The summed E-state index contributed by atoms with van der Waals surface area (Å²) in [5.41, 5.74) is 3.18. The van der Waals surface area contributed by atoms with Crippen LogP contribution < -0.4 is 10.3 Å². The molecular weight excluding hydrogens is 434 g/mol. The number of sulfonamides is 1. The third-order valence-electron chi connectivity index (χ3n) is 5.23. The van der Waals surface area contributed by atoms with Gasteiger partial charge in [0, 0.05) is 17.3 Å². The first-order chi connectivity index (χ1) is 14.7. The standard InChI is InChI=1S/C23H22ClN3O3S/c1-15-13-22(16(2)12-20(15)24)31(29,30)26-18-8-9-21-19(14-18)23(28)25-27(21)11-10-17-6-4-3-5-7-17/h3-9,12-14,26H,10-11H2,1-2H3,(H,25,28). The van der Waals surface area contributed by atoms with E-state index in [1.54, 1.807) is 48.9 Å². The van der Waals surface area contributed by atoms with Crippen LogP contribution >= 0.6 is 11.6 Å². The Morgan fingerprint density at radius 2 is 1.74 bits per heavy atom. The fourth-order valence-electron chi connectivity index (χ4n) is 3.58. The van der Waals surface area contributed by atoms with Gasteiger partial charge in [0.2, 0.25) is 0 Å². The molecule has 0 atom stereocenters. The molecule has 2 N–H and O–H groups in total. The number of H-pyrrole nitrogens is 1. The van der Waals surface area contributed by atoms with Gasteiger partial charge < -0.3 is 0 Å². The summed E-state index contributed by atoms with van der Waals surface area (Å²) in [5, 5.41) is 3.78. The maximum Gasteiger partial charge on any atom is 0.272 e. The summed E-state index contributed by atoms with van der Waals surface area (Å²) >= 11 is 6.09. The van der Waals surface area contributed by atoms with E-state index in [4.69, 9.17) is 11.6 Å². The zero-order valence-corrected chi connectivity index (χ0v) is 18.7. The highest BCUT2D eigenvalue weighted by Crippen LogP contribution is 2.26. The summed E-state index contributed by atoms with van der Waals surface area (Å²) in [5.74, 6) is 0. The van der Waals surface area contributed by atoms with Crippen molar-refractivity contribution in [2.45, 2.75) is 31.7 Å². The molecule has 3 aromatic carbocycles. The number of fused-ring (bicyclic) bond motifs is 1. The van der Waals surface area contributed by atoms with Crippen LogP contribution in [0.15, 0.2) is 70.4 Å². The number of aromatic amines is 1. The van der Waals surface area contributed by atoms with Gasteiger partial charge in [-0.05, 0) is 67.3 Å². The third kappa shape index (κ3) is 4.38. The minimum Gasteiger partial charge on any atom is -0.284 e. The molecule has 0 spiro atoms. The second kappa shape index (κ2) is 8.24. The third-order valence-corrected chi connectivity index (χ3v) is 7.16. The first-order valence-electron chi connectivity index (χ1n) is 9.81. The maximum atomic E-state index is 12.9. The molecule has 31 heavy (non-hydrogen) atoms. The predicted octanol–water partition coefficient (Wildman–Crippen LogP) is 4.64. The largest absolute Gasteiger partial charge is 0.284 e. The first kappa shape index (κ1) is 21.2. The number of aryl methyl sites for hydroxylation is 4. The summed E-state index contributed by atoms with van der Waals surface area (Å²) < 4.78 is 30.2. The van der Waals surface area contributed by atoms with Crippen molar-refractivity contribution >= 4 is 38.2 Å². The van der Waals surface area contributed by atoms with Crippen molar-refractivity contribution in [3.8, 4) is 0 Å². The van der Waals surface area contributed by atoms with Crippen LogP contribution in [0.1, 0.15) is 16.7 Å². The lowest BCUT2D eigenvalue weighted by Crippen LogP contribution is -2.14. The molecule has 0 fully saturated rings. The average molecular weight is 456 g/mol. The molecule has 4 aromatic rings. The molecule has 6 nitrogen and oxygen atoms in total. The smallest absolute Gasteiger partial charge is 0.272 e. The van der Waals surface area contributed by atoms with Crippen LogP contribution in [-0.4, -0.2) is 18.2 Å². The number of hydrogen-bond donors (Lipinski definition) is 2. The molecule has 1 heterocycles. The molecule has 0 aliphatic carbocycles. The Kier molecular flexibility index (Phi) is 5.64. The molecule has 0 radical (unpaired) electrons. The van der Waals surface area contributed by atoms with Gasteiger partial charge in [0.15, 0.2) is 0 Å². The lowest BCUT2D eigenvalue weighted by Gasteiger charge is -2.12. The van der Waals surface area contributed by atoms with Gasteiger partial charge in [0.25, 0.3) is 15.6 Å². The molecule has 0 saturated heterocycles. The zero-order valence-electron chi connectivity index (χ0n) is 17.1. The Morgan fingerprint density at radius 1 is 1.00 bits per heavy atom. The van der Waals surface area contributed by atoms with Crippen LogP contribution in [0, 0.1) is 13.8 Å². The van der Waals surface area contributed by atoms with Crippen molar-refractivity contribution in [1.29, 1.82) is 0 Å². The second-order valence-corrected chi connectivity index (χ2v) is 9.59. The van der Waals surface area contributed by atoms with Crippen molar-refractivity contribution in [3.63, 3.8) is 0 Å². The van der Waals surface area contributed by atoms with Crippen LogP contribution in [0.4, 0.5) is 5.69 Å². The van der Waals surface area contributed by atoms with Crippen molar-refractivity contribution in [2.24, 2.45) is 0 Å². The van der Waals surface area contributed by atoms with Gasteiger partial charge in [0.1, 0.15) is 0 Å².